The average molecular weight is 219 g/mol. The van der Waals surface area contributed by atoms with Crippen LogP contribution in [0.5, 0.6) is 0 Å². The van der Waals surface area contributed by atoms with Crippen LogP contribution in [0.3, 0.4) is 0 Å². The minimum absolute atomic E-state index is 0.0216. The standard InChI is InChI=1S/C9H21N3O3/c1-8(9(10)12-14)7-11-3-2-5-15-6-4-13/h8,11,13-14H,2-7H2,1H3,(H2,10,12). The van der Waals surface area contributed by atoms with Gasteiger partial charge in [-0.05, 0) is 13.0 Å². The summed E-state index contributed by atoms with van der Waals surface area (Å²) in [6.45, 7) is 4.45. The Balaban J connectivity index is 3.24. The van der Waals surface area contributed by atoms with Crippen molar-refractivity contribution < 1.29 is 15.1 Å². The highest BCUT2D eigenvalue weighted by molar-refractivity contribution is 5.82. The third kappa shape index (κ3) is 8.17. The molecule has 0 bridgehead atoms. The molecule has 90 valence electrons. The van der Waals surface area contributed by atoms with Crippen molar-refractivity contribution in [2.24, 2.45) is 16.8 Å². The van der Waals surface area contributed by atoms with E-state index in [0.717, 1.165) is 13.0 Å². The van der Waals surface area contributed by atoms with Crippen molar-refractivity contribution in [3.8, 4) is 0 Å². The molecule has 0 spiro atoms. The SMILES string of the molecule is CC(CNCCCOCCO)C(N)=NO. The van der Waals surface area contributed by atoms with Crippen LogP contribution in [0.2, 0.25) is 0 Å². The Hall–Kier alpha value is -0.850. The first-order chi connectivity index (χ1) is 7.22. The molecule has 0 aliphatic rings. The Morgan fingerprint density at radius 2 is 2.27 bits per heavy atom. The second-order valence-corrected chi connectivity index (χ2v) is 3.32. The van der Waals surface area contributed by atoms with Gasteiger partial charge in [-0.2, -0.15) is 0 Å². The van der Waals surface area contributed by atoms with E-state index in [1.54, 1.807) is 0 Å². The summed E-state index contributed by atoms with van der Waals surface area (Å²) >= 11 is 0. The Bertz CT molecular complexity index is 176. The van der Waals surface area contributed by atoms with E-state index in [2.05, 4.69) is 10.5 Å². The number of nitrogens with two attached hydrogens (primary N) is 1. The Morgan fingerprint density at radius 1 is 1.53 bits per heavy atom. The number of aliphatic hydroxyl groups is 1. The molecule has 6 heteroatoms. The summed E-state index contributed by atoms with van der Waals surface area (Å²) in [6, 6.07) is 0. The summed E-state index contributed by atoms with van der Waals surface area (Å²) in [5.41, 5.74) is 5.40. The number of hydrogen-bond acceptors (Lipinski definition) is 5. The molecule has 0 fully saturated rings. The summed E-state index contributed by atoms with van der Waals surface area (Å²) in [5, 5.41) is 22.9. The van der Waals surface area contributed by atoms with E-state index < -0.39 is 0 Å². The van der Waals surface area contributed by atoms with Crippen molar-refractivity contribution in [3.63, 3.8) is 0 Å². The van der Waals surface area contributed by atoms with Gasteiger partial charge in [0.25, 0.3) is 0 Å². The van der Waals surface area contributed by atoms with Gasteiger partial charge >= 0.3 is 0 Å². The Labute approximate surface area is 90.1 Å². The molecular weight excluding hydrogens is 198 g/mol. The molecule has 1 atom stereocenters. The third-order valence-electron chi connectivity index (χ3n) is 1.95. The Morgan fingerprint density at radius 3 is 2.87 bits per heavy atom. The predicted octanol–water partition coefficient (Wildman–Crippen LogP) is -0.642. The van der Waals surface area contributed by atoms with Crippen LogP contribution in [-0.4, -0.2) is 49.1 Å². The topological polar surface area (TPSA) is 100 Å². The number of nitrogens with zero attached hydrogens (tertiary/aromatic N) is 1. The molecule has 0 aromatic heterocycles. The van der Waals surface area contributed by atoms with Gasteiger partial charge in [0.2, 0.25) is 0 Å². The summed E-state index contributed by atoms with van der Waals surface area (Å²) < 4.78 is 5.08. The van der Waals surface area contributed by atoms with E-state index in [-0.39, 0.29) is 18.4 Å². The zero-order valence-electron chi connectivity index (χ0n) is 9.15. The zero-order chi connectivity index (χ0) is 11.5. The second kappa shape index (κ2) is 9.70. The van der Waals surface area contributed by atoms with E-state index in [4.69, 9.17) is 20.8 Å². The maximum absolute atomic E-state index is 8.44. The molecule has 5 N–H and O–H groups in total. The first-order valence-corrected chi connectivity index (χ1v) is 5.09. The molecule has 6 nitrogen and oxygen atoms in total. The van der Waals surface area contributed by atoms with Gasteiger partial charge in [0.1, 0.15) is 5.84 Å². The summed E-state index contributed by atoms with van der Waals surface area (Å²) in [6.07, 6.45) is 0.878. The van der Waals surface area contributed by atoms with Crippen LogP contribution in [0.4, 0.5) is 0 Å². The number of ether oxygens (including phenoxy) is 1. The lowest BCUT2D eigenvalue weighted by Gasteiger charge is -2.10. The van der Waals surface area contributed by atoms with Crippen LogP contribution in [0.15, 0.2) is 5.16 Å². The maximum atomic E-state index is 8.44. The fraction of sp³-hybridized carbons (Fsp3) is 0.889. The molecule has 0 saturated carbocycles. The van der Waals surface area contributed by atoms with E-state index in [9.17, 15) is 0 Å². The van der Waals surface area contributed by atoms with Gasteiger partial charge in [0, 0.05) is 19.1 Å². The van der Waals surface area contributed by atoms with Gasteiger partial charge in [-0.15, -0.1) is 0 Å². The lowest BCUT2D eigenvalue weighted by atomic mass is 10.1. The van der Waals surface area contributed by atoms with Gasteiger partial charge in [-0.1, -0.05) is 12.1 Å². The molecule has 1 unspecified atom stereocenters. The summed E-state index contributed by atoms with van der Waals surface area (Å²) in [5.74, 6) is 0.257. The smallest absolute Gasteiger partial charge is 0.143 e. The van der Waals surface area contributed by atoms with Crippen molar-refractivity contribution in [3.05, 3.63) is 0 Å². The molecule has 0 amide bonds. The van der Waals surface area contributed by atoms with E-state index in [0.29, 0.717) is 19.8 Å². The molecule has 0 aromatic rings. The van der Waals surface area contributed by atoms with E-state index in [1.165, 1.54) is 0 Å². The van der Waals surface area contributed by atoms with Crippen molar-refractivity contribution in [1.82, 2.24) is 5.32 Å². The molecule has 0 heterocycles. The summed E-state index contributed by atoms with van der Waals surface area (Å²) in [7, 11) is 0. The van der Waals surface area contributed by atoms with E-state index in [1.807, 2.05) is 6.92 Å². The average Bonchev–Trinajstić information content (AvgIpc) is 2.26. The fourth-order valence-electron chi connectivity index (χ4n) is 0.988. The van der Waals surface area contributed by atoms with Gasteiger partial charge in [-0.25, -0.2) is 0 Å². The first kappa shape index (κ1) is 14.2. The molecule has 0 aliphatic heterocycles. The molecular formula is C9H21N3O3. The van der Waals surface area contributed by atoms with Crippen molar-refractivity contribution in [1.29, 1.82) is 0 Å². The number of amidine groups is 1. The molecule has 0 saturated heterocycles. The number of aliphatic hydroxyl groups excluding tert-OH is 1. The normalized spacial score (nSPS) is 14.1. The third-order valence-corrected chi connectivity index (χ3v) is 1.95. The molecule has 0 aromatic carbocycles. The zero-order valence-corrected chi connectivity index (χ0v) is 9.15. The van der Waals surface area contributed by atoms with Gasteiger partial charge < -0.3 is 26.1 Å². The maximum Gasteiger partial charge on any atom is 0.143 e. The lowest BCUT2D eigenvalue weighted by molar-refractivity contribution is 0.0907. The molecule has 0 aliphatic carbocycles. The van der Waals surface area contributed by atoms with Crippen LogP contribution in [-0.2, 0) is 4.74 Å². The monoisotopic (exact) mass is 219 g/mol. The summed E-state index contributed by atoms with van der Waals surface area (Å²) in [4.78, 5) is 0. The van der Waals surface area contributed by atoms with Crippen LogP contribution >= 0.6 is 0 Å². The fourth-order valence-corrected chi connectivity index (χ4v) is 0.988. The number of oxime groups is 1. The van der Waals surface area contributed by atoms with Crippen LogP contribution in [0.1, 0.15) is 13.3 Å². The van der Waals surface area contributed by atoms with Crippen molar-refractivity contribution in [2.75, 3.05) is 32.9 Å². The quantitative estimate of drug-likeness (QED) is 0.136. The van der Waals surface area contributed by atoms with Gasteiger partial charge in [0.15, 0.2) is 0 Å². The number of rotatable bonds is 9. The highest BCUT2D eigenvalue weighted by atomic mass is 16.5. The molecule has 0 rings (SSSR count). The molecule has 0 radical (unpaired) electrons. The molecule has 15 heavy (non-hydrogen) atoms. The number of nitrogens with one attached hydrogen (secondary N) is 1. The highest BCUT2D eigenvalue weighted by Crippen LogP contribution is 1.91. The Kier molecular flexibility index (Phi) is 9.15. The van der Waals surface area contributed by atoms with Crippen LogP contribution in [0.25, 0.3) is 0 Å². The predicted molar refractivity (Wildman–Crippen MR) is 58.0 cm³/mol. The van der Waals surface area contributed by atoms with Gasteiger partial charge in [0.05, 0.1) is 13.2 Å². The minimum Gasteiger partial charge on any atom is -0.409 e. The van der Waals surface area contributed by atoms with Crippen LogP contribution in [0, 0.1) is 5.92 Å². The van der Waals surface area contributed by atoms with Crippen molar-refractivity contribution >= 4 is 5.84 Å². The number of hydrogen-bond donors (Lipinski definition) is 4. The first-order valence-electron chi connectivity index (χ1n) is 5.09. The van der Waals surface area contributed by atoms with Crippen molar-refractivity contribution in [2.45, 2.75) is 13.3 Å². The highest BCUT2D eigenvalue weighted by Gasteiger charge is 2.05. The van der Waals surface area contributed by atoms with E-state index >= 15 is 0 Å². The largest absolute Gasteiger partial charge is 0.409 e. The second-order valence-electron chi connectivity index (χ2n) is 3.32. The lowest BCUT2D eigenvalue weighted by Crippen LogP contribution is -2.32. The van der Waals surface area contributed by atoms with Gasteiger partial charge in [-0.3, -0.25) is 0 Å². The minimum atomic E-state index is 0.0216. The van der Waals surface area contributed by atoms with Crippen LogP contribution < -0.4 is 11.1 Å².